The Balaban J connectivity index is 1.50. The number of pyridine rings is 1. The zero-order chi connectivity index (χ0) is 23.1. The van der Waals surface area contributed by atoms with Crippen LogP contribution >= 0.6 is 0 Å². The fourth-order valence-corrected chi connectivity index (χ4v) is 3.85. The van der Waals surface area contributed by atoms with Gasteiger partial charge in [0.15, 0.2) is 11.6 Å². The van der Waals surface area contributed by atoms with Gasteiger partial charge in [0.05, 0.1) is 11.2 Å². The largest absolute Gasteiger partial charge is 0.494 e. The van der Waals surface area contributed by atoms with Crippen molar-refractivity contribution in [3.05, 3.63) is 109 Å². The number of hydrogen-bond acceptors (Lipinski definition) is 6. The van der Waals surface area contributed by atoms with Crippen LogP contribution < -0.4 is 11.2 Å². The first-order valence-electron chi connectivity index (χ1n) is 9.98. The number of aromatic nitrogens is 3. The normalized spacial score (nSPS) is 13.1. The van der Waals surface area contributed by atoms with Crippen molar-refractivity contribution in [2.75, 3.05) is 0 Å². The number of aromatic amines is 2. The summed E-state index contributed by atoms with van der Waals surface area (Å²) in [6, 6.07) is 15.7. The Labute approximate surface area is 185 Å². The van der Waals surface area contributed by atoms with Crippen LogP contribution in [0.25, 0.3) is 23.1 Å². The highest BCUT2D eigenvalue weighted by molar-refractivity contribution is 6.29. The molecule has 0 saturated heterocycles. The van der Waals surface area contributed by atoms with Crippen molar-refractivity contribution < 1.29 is 14.7 Å². The maximum Gasteiger partial charge on any atom is 0.328 e. The van der Waals surface area contributed by atoms with E-state index in [4.69, 9.17) is 0 Å². The molecule has 0 aliphatic heterocycles. The Hall–Kier alpha value is -4.81. The average Bonchev–Trinajstić information content (AvgIpc) is 3.05. The lowest BCUT2D eigenvalue weighted by Gasteiger charge is -2.08. The topological polar surface area (TPSA) is 133 Å². The molecule has 2 aromatic carbocycles. The second-order valence-corrected chi connectivity index (χ2v) is 7.52. The van der Waals surface area contributed by atoms with Gasteiger partial charge in [0.1, 0.15) is 11.5 Å². The van der Waals surface area contributed by atoms with Crippen LogP contribution in [0.2, 0.25) is 0 Å². The first-order valence-corrected chi connectivity index (χ1v) is 9.98. The van der Waals surface area contributed by atoms with Gasteiger partial charge < -0.3 is 5.11 Å². The molecule has 8 nitrogen and oxygen atoms in total. The smallest absolute Gasteiger partial charge is 0.328 e. The van der Waals surface area contributed by atoms with Crippen molar-refractivity contribution in [1.29, 1.82) is 0 Å². The third-order valence-electron chi connectivity index (χ3n) is 5.45. The molecule has 33 heavy (non-hydrogen) atoms. The van der Waals surface area contributed by atoms with E-state index in [1.807, 2.05) is 23.2 Å². The number of hydrogen-bond donors (Lipinski definition) is 3. The molecule has 0 saturated carbocycles. The molecule has 8 heteroatoms. The van der Waals surface area contributed by atoms with Gasteiger partial charge in [-0.2, -0.15) is 0 Å². The summed E-state index contributed by atoms with van der Waals surface area (Å²) in [5, 5.41) is 10.6. The van der Waals surface area contributed by atoms with Gasteiger partial charge in [-0.3, -0.25) is 29.3 Å². The van der Waals surface area contributed by atoms with E-state index in [-0.39, 0.29) is 17.1 Å². The molecule has 2 aromatic heterocycles. The summed E-state index contributed by atoms with van der Waals surface area (Å²) >= 11 is 0. The monoisotopic (exact) mass is 437 g/mol. The second kappa shape index (κ2) is 7.71. The summed E-state index contributed by atoms with van der Waals surface area (Å²) in [6.45, 7) is 0. The Bertz CT molecular complexity index is 1620. The van der Waals surface area contributed by atoms with E-state index in [1.54, 1.807) is 42.5 Å². The Morgan fingerprint density at radius 2 is 1.58 bits per heavy atom. The first kappa shape index (κ1) is 20.1. The zero-order valence-corrected chi connectivity index (χ0v) is 17.0. The number of carbonyl (C=O) groups is 2. The molecule has 0 spiro atoms. The number of nitrogens with zero attached hydrogens (tertiary/aromatic N) is 1. The van der Waals surface area contributed by atoms with Gasteiger partial charge in [0, 0.05) is 16.5 Å². The standard InChI is InChI=1S/C25H15N3O5/c29-21-15-5-1-2-6-16(15)22(30)20(21)18-11-10-14-9-8-13(12-19(14)26-18)4-3-7-17-23(31)27-25(33)28-24(17)32/h1-2,4-12,20H,(H3,27,28,31,32,33). The minimum absolute atomic E-state index is 0.134. The van der Waals surface area contributed by atoms with Crippen LogP contribution in [0.4, 0.5) is 0 Å². The maximum absolute atomic E-state index is 12.8. The average molecular weight is 437 g/mol. The molecule has 4 aromatic rings. The summed E-state index contributed by atoms with van der Waals surface area (Å²) < 4.78 is 0. The number of benzene rings is 2. The van der Waals surface area contributed by atoms with E-state index in [1.165, 1.54) is 6.08 Å². The van der Waals surface area contributed by atoms with Crippen molar-refractivity contribution in [2.24, 2.45) is 0 Å². The summed E-state index contributed by atoms with van der Waals surface area (Å²) in [5.74, 6) is -2.03. The van der Waals surface area contributed by atoms with E-state index in [2.05, 4.69) is 15.7 Å². The third-order valence-corrected chi connectivity index (χ3v) is 5.45. The molecule has 0 radical (unpaired) electrons. The lowest BCUT2D eigenvalue weighted by molar-refractivity contribution is 0.0888. The van der Waals surface area contributed by atoms with E-state index < -0.39 is 23.0 Å². The molecule has 1 aliphatic rings. The van der Waals surface area contributed by atoms with E-state index in [0.29, 0.717) is 27.9 Å². The Morgan fingerprint density at radius 3 is 2.27 bits per heavy atom. The molecule has 160 valence electrons. The molecule has 5 rings (SSSR count). The molecule has 0 bridgehead atoms. The predicted octanol–water partition coefficient (Wildman–Crippen LogP) is 2.81. The van der Waals surface area contributed by atoms with Gasteiger partial charge in [-0.05, 0) is 29.8 Å². The highest BCUT2D eigenvalue weighted by Gasteiger charge is 2.40. The second-order valence-electron chi connectivity index (χ2n) is 7.52. The van der Waals surface area contributed by atoms with Crippen molar-refractivity contribution in [2.45, 2.75) is 5.92 Å². The highest BCUT2D eigenvalue weighted by Crippen LogP contribution is 2.33. The molecule has 0 atom stereocenters. The van der Waals surface area contributed by atoms with Crippen LogP contribution in [0.1, 0.15) is 43.5 Å². The SMILES string of the molecule is O=C1c2ccccc2C(=O)C1c1ccc2ccc(C=C=Cc3c(O)[nH]c(=O)[nH]c3=O)cc2n1. The fraction of sp³-hybridized carbons (Fsp3) is 0.0400. The number of carbonyl (C=O) groups excluding carboxylic acids is 2. The van der Waals surface area contributed by atoms with Crippen LogP contribution in [0.3, 0.4) is 0 Å². The van der Waals surface area contributed by atoms with E-state index in [0.717, 1.165) is 5.39 Å². The van der Waals surface area contributed by atoms with E-state index in [9.17, 15) is 24.3 Å². The first-order chi connectivity index (χ1) is 15.9. The van der Waals surface area contributed by atoms with Crippen molar-refractivity contribution in [3.8, 4) is 5.88 Å². The number of fused-ring (bicyclic) bond motifs is 2. The highest BCUT2D eigenvalue weighted by atomic mass is 16.3. The minimum Gasteiger partial charge on any atom is -0.494 e. The van der Waals surface area contributed by atoms with Crippen molar-refractivity contribution in [1.82, 2.24) is 15.0 Å². The molecule has 0 amide bonds. The number of ketones is 2. The van der Waals surface area contributed by atoms with Gasteiger partial charge >= 0.3 is 5.69 Å². The zero-order valence-electron chi connectivity index (χ0n) is 17.0. The van der Waals surface area contributed by atoms with Crippen LogP contribution in [-0.2, 0) is 0 Å². The Kier molecular flexibility index (Phi) is 4.70. The van der Waals surface area contributed by atoms with Gasteiger partial charge in [-0.25, -0.2) is 4.79 Å². The van der Waals surface area contributed by atoms with Crippen LogP contribution in [0, 0.1) is 0 Å². The number of rotatable bonds is 3. The Morgan fingerprint density at radius 1 is 0.879 bits per heavy atom. The maximum atomic E-state index is 12.8. The quantitative estimate of drug-likeness (QED) is 0.333. The summed E-state index contributed by atoms with van der Waals surface area (Å²) in [4.78, 5) is 57.2. The van der Waals surface area contributed by atoms with Crippen LogP contribution in [0.15, 0.2) is 69.9 Å². The van der Waals surface area contributed by atoms with Gasteiger partial charge in [0.2, 0.25) is 5.88 Å². The van der Waals surface area contributed by atoms with Gasteiger partial charge in [0.25, 0.3) is 5.56 Å². The van der Waals surface area contributed by atoms with Gasteiger partial charge in [-0.15, -0.1) is 5.73 Å². The molecule has 0 fully saturated rings. The molecule has 2 heterocycles. The number of aromatic hydroxyl groups is 1. The fourth-order valence-electron chi connectivity index (χ4n) is 3.85. The molecular formula is C25H15N3O5. The van der Waals surface area contributed by atoms with E-state index >= 15 is 0 Å². The van der Waals surface area contributed by atoms with Crippen molar-refractivity contribution in [3.63, 3.8) is 0 Å². The lowest BCUT2D eigenvalue weighted by atomic mass is 9.98. The summed E-state index contributed by atoms with van der Waals surface area (Å²) in [6.07, 6.45) is 2.81. The molecular weight excluding hydrogens is 422 g/mol. The summed E-state index contributed by atoms with van der Waals surface area (Å²) in [5.41, 5.74) is 3.60. The molecule has 0 unspecified atom stereocenters. The molecule has 1 aliphatic carbocycles. The third kappa shape index (κ3) is 3.50. The van der Waals surface area contributed by atoms with Crippen LogP contribution in [-0.4, -0.2) is 31.6 Å². The minimum atomic E-state index is -0.958. The number of Topliss-reactive ketones (excluding diaryl/α,β-unsaturated/α-hetero) is 2. The number of nitrogens with one attached hydrogen (secondary N) is 2. The molecule has 3 N–H and O–H groups in total. The van der Waals surface area contributed by atoms with Crippen molar-refractivity contribution >= 4 is 34.6 Å². The van der Waals surface area contributed by atoms with Crippen LogP contribution in [0.5, 0.6) is 5.88 Å². The lowest BCUT2D eigenvalue weighted by Crippen LogP contribution is -2.23. The summed E-state index contributed by atoms with van der Waals surface area (Å²) in [7, 11) is 0. The predicted molar refractivity (Wildman–Crippen MR) is 121 cm³/mol. The van der Waals surface area contributed by atoms with Gasteiger partial charge in [-0.1, -0.05) is 42.5 Å². The number of H-pyrrole nitrogens is 2.